The Bertz CT molecular complexity index is 486. The van der Waals surface area contributed by atoms with E-state index in [1.165, 1.54) is 0 Å². The van der Waals surface area contributed by atoms with Gasteiger partial charge in [-0.3, -0.25) is 4.79 Å². The van der Waals surface area contributed by atoms with Gasteiger partial charge in [-0.15, -0.1) is 23.2 Å². The maximum Gasteiger partial charge on any atom is 0.317 e. The Morgan fingerprint density at radius 3 is 2.76 bits per heavy atom. The Balaban J connectivity index is 1.71. The topological polar surface area (TPSA) is 44.8 Å². The molecular formula is C11H8Cl2O4. The van der Waals surface area contributed by atoms with Crippen LogP contribution < -0.4 is 14.2 Å². The number of hydrogen-bond acceptors (Lipinski definition) is 4. The first kappa shape index (κ1) is 11.0. The van der Waals surface area contributed by atoms with Crippen molar-refractivity contribution in [1.29, 1.82) is 0 Å². The molecule has 1 fully saturated rings. The highest BCUT2D eigenvalue weighted by atomic mass is 35.5. The number of alkyl halides is 2. The van der Waals surface area contributed by atoms with Crippen LogP contribution in [0.2, 0.25) is 0 Å². The van der Waals surface area contributed by atoms with Gasteiger partial charge >= 0.3 is 5.97 Å². The molecule has 1 aromatic rings. The van der Waals surface area contributed by atoms with Crippen LogP contribution in [0.25, 0.3) is 0 Å². The number of halogens is 2. The number of esters is 1. The second-order valence-electron chi connectivity index (χ2n) is 3.95. The molecule has 1 saturated carbocycles. The summed E-state index contributed by atoms with van der Waals surface area (Å²) in [6.07, 6.45) is 0.430. The minimum atomic E-state index is -0.965. The first-order chi connectivity index (χ1) is 8.06. The minimum Gasteiger partial charge on any atom is -0.454 e. The maximum atomic E-state index is 11.6. The normalized spacial score (nSPS) is 23.3. The van der Waals surface area contributed by atoms with Crippen molar-refractivity contribution in [2.75, 3.05) is 6.79 Å². The summed E-state index contributed by atoms with van der Waals surface area (Å²) in [5, 5.41) is 0. The third-order valence-corrected chi connectivity index (χ3v) is 3.51. The fourth-order valence-corrected chi connectivity index (χ4v) is 2.08. The Kier molecular flexibility index (Phi) is 2.38. The minimum absolute atomic E-state index is 0.182. The van der Waals surface area contributed by atoms with Crippen molar-refractivity contribution >= 4 is 29.2 Å². The monoisotopic (exact) mass is 274 g/mol. The van der Waals surface area contributed by atoms with E-state index in [0.717, 1.165) is 0 Å². The highest BCUT2D eigenvalue weighted by molar-refractivity contribution is 6.52. The predicted molar refractivity (Wildman–Crippen MR) is 60.7 cm³/mol. The molecule has 0 saturated heterocycles. The van der Waals surface area contributed by atoms with Crippen molar-refractivity contribution < 1.29 is 19.0 Å². The molecule has 1 aromatic carbocycles. The second-order valence-corrected chi connectivity index (χ2v) is 5.50. The summed E-state index contributed by atoms with van der Waals surface area (Å²) < 4.78 is 14.5. The van der Waals surface area contributed by atoms with E-state index in [1.54, 1.807) is 18.2 Å². The standard InChI is InChI=1S/C11H8Cl2O4/c12-11(13)4-7(11)10(14)17-6-1-2-8-9(3-6)16-5-15-8/h1-3,7H,4-5H2/t7-/m0/s1. The summed E-state index contributed by atoms with van der Waals surface area (Å²) in [6.45, 7) is 0.182. The molecule has 6 heteroatoms. The van der Waals surface area contributed by atoms with Gasteiger partial charge in [0.15, 0.2) is 11.5 Å². The van der Waals surface area contributed by atoms with Gasteiger partial charge in [0, 0.05) is 6.07 Å². The number of fused-ring (bicyclic) bond motifs is 1. The van der Waals surface area contributed by atoms with E-state index in [1.807, 2.05) is 0 Å². The molecule has 90 valence electrons. The lowest BCUT2D eigenvalue weighted by molar-refractivity contribution is -0.135. The molecular weight excluding hydrogens is 267 g/mol. The quantitative estimate of drug-likeness (QED) is 0.472. The van der Waals surface area contributed by atoms with Crippen LogP contribution in [0.3, 0.4) is 0 Å². The fourth-order valence-electron chi connectivity index (χ4n) is 1.60. The highest BCUT2D eigenvalue weighted by Crippen LogP contribution is 2.53. The molecule has 0 amide bonds. The van der Waals surface area contributed by atoms with Crippen LogP contribution in [0.1, 0.15) is 6.42 Å². The Morgan fingerprint density at radius 2 is 2.06 bits per heavy atom. The Hall–Kier alpha value is -1.13. The van der Waals surface area contributed by atoms with Crippen LogP contribution in [0.15, 0.2) is 18.2 Å². The van der Waals surface area contributed by atoms with E-state index in [-0.39, 0.29) is 6.79 Å². The van der Waals surface area contributed by atoms with Crippen molar-refractivity contribution in [3.8, 4) is 17.2 Å². The van der Waals surface area contributed by atoms with E-state index in [4.69, 9.17) is 37.4 Å². The molecule has 1 aliphatic carbocycles. The predicted octanol–water partition coefficient (Wildman–Crippen LogP) is 2.51. The van der Waals surface area contributed by atoms with Crippen molar-refractivity contribution in [3.05, 3.63) is 18.2 Å². The van der Waals surface area contributed by atoms with E-state index in [2.05, 4.69) is 0 Å². The maximum absolute atomic E-state index is 11.6. The van der Waals surface area contributed by atoms with Gasteiger partial charge in [0.2, 0.25) is 6.79 Å². The van der Waals surface area contributed by atoms with Gasteiger partial charge in [-0.2, -0.15) is 0 Å². The van der Waals surface area contributed by atoms with Crippen LogP contribution >= 0.6 is 23.2 Å². The molecule has 3 rings (SSSR count). The summed E-state index contributed by atoms with van der Waals surface area (Å²) >= 11 is 11.6. The van der Waals surface area contributed by atoms with Crippen LogP contribution in [0.5, 0.6) is 17.2 Å². The molecule has 1 atom stereocenters. The van der Waals surface area contributed by atoms with Gasteiger partial charge in [-0.1, -0.05) is 0 Å². The molecule has 0 aromatic heterocycles. The zero-order chi connectivity index (χ0) is 12.0. The van der Waals surface area contributed by atoms with E-state index in [0.29, 0.717) is 23.7 Å². The molecule has 0 unspecified atom stereocenters. The third kappa shape index (κ3) is 2.03. The number of carbonyl (C=O) groups is 1. The van der Waals surface area contributed by atoms with Crippen molar-refractivity contribution in [3.63, 3.8) is 0 Å². The van der Waals surface area contributed by atoms with Gasteiger partial charge < -0.3 is 14.2 Å². The first-order valence-corrected chi connectivity index (χ1v) is 5.81. The van der Waals surface area contributed by atoms with Crippen LogP contribution in [0, 0.1) is 5.92 Å². The van der Waals surface area contributed by atoms with Crippen molar-refractivity contribution in [2.24, 2.45) is 5.92 Å². The molecule has 1 aliphatic heterocycles. The number of ether oxygens (including phenoxy) is 3. The highest BCUT2D eigenvalue weighted by Gasteiger charge is 2.57. The third-order valence-electron chi connectivity index (χ3n) is 2.67. The number of benzene rings is 1. The average Bonchev–Trinajstić information content (AvgIpc) is 2.73. The summed E-state index contributed by atoms with van der Waals surface area (Å²) in [6, 6.07) is 4.93. The average molecular weight is 275 g/mol. The summed E-state index contributed by atoms with van der Waals surface area (Å²) in [5.41, 5.74) is 0. The zero-order valence-electron chi connectivity index (χ0n) is 8.61. The Labute approximate surface area is 107 Å². The van der Waals surface area contributed by atoms with E-state index < -0.39 is 16.2 Å². The number of hydrogen-bond donors (Lipinski definition) is 0. The lowest BCUT2D eigenvalue weighted by atomic mass is 10.3. The van der Waals surface area contributed by atoms with Crippen LogP contribution in [-0.2, 0) is 4.79 Å². The molecule has 0 radical (unpaired) electrons. The van der Waals surface area contributed by atoms with Gasteiger partial charge in [-0.05, 0) is 18.6 Å². The second kappa shape index (κ2) is 3.68. The lowest BCUT2D eigenvalue weighted by Crippen LogP contribution is -2.13. The fraction of sp³-hybridized carbons (Fsp3) is 0.364. The number of rotatable bonds is 2. The smallest absolute Gasteiger partial charge is 0.317 e. The van der Waals surface area contributed by atoms with E-state index in [9.17, 15) is 4.79 Å². The van der Waals surface area contributed by atoms with Gasteiger partial charge in [0.25, 0.3) is 0 Å². The SMILES string of the molecule is O=C(Oc1ccc2c(c1)OCO2)[C@@H]1CC1(Cl)Cl. The van der Waals surface area contributed by atoms with Crippen molar-refractivity contribution in [2.45, 2.75) is 10.8 Å². The van der Waals surface area contributed by atoms with Crippen LogP contribution in [0.4, 0.5) is 0 Å². The number of carbonyl (C=O) groups excluding carboxylic acids is 1. The first-order valence-electron chi connectivity index (χ1n) is 5.05. The molecule has 4 nitrogen and oxygen atoms in total. The van der Waals surface area contributed by atoms with Crippen LogP contribution in [-0.4, -0.2) is 17.1 Å². The summed E-state index contributed by atoms with van der Waals surface area (Å²) in [5.74, 6) is 0.731. The molecule has 17 heavy (non-hydrogen) atoms. The zero-order valence-corrected chi connectivity index (χ0v) is 10.1. The lowest BCUT2D eigenvalue weighted by Gasteiger charge is -2.04. The molecule has 0 N–H and O–H groups in total. The van der Waals surface area contributed by atoms with Gasteiger partial charge in [-0.25, -0.2) is 0 Å². The molecule has 0 bridgehead atoms. The molecule has 0 spiro atoms. The molecule has 2 aliphatic rings. The largest absolute Gasteiger partial charge is 0.454 e. The van der Waals surface area contributed by atoms with Gasteiger partial charge in [0.05, 0.1) is 5.92 Å². The Morgan fingerprint density at radius 1 is 1.35 bits per heavy atom. The summed E-state index contributed by atoms with van der Waals surface area (Å²) in [4.78, 5) is 11.6. The summed E-state index contributed by atoms with van der Waals surface area (Å²) in [7, 11) is 0. The molecule has 1 heterocycles. The van der Waals surface area contributed by atoms with E-state index >= 15 is 0 Å². The van der Waals surface area contributed by atoms with Crippen molar-refractivity contribution in [1.82, 2.24) is 0 Å². The van der Waals surface area contributed by atoms with Gasteiger partial charge in [0.1, 0.15) is 10.1 Å².